The van der Waals surface area contributed by atoms with E-state index in [4.69, 9.17) is 0 Å². The van der Waals surface area contributed by atoms with Crippen molar-refractivity contribution in [2.45, 2.75) is 76.5 Å². The van der Waals surface area contributed by atoms with E-state index in [1.54, 1.807) is 6.07 Å². The molecule has 0 aromatic heterocycles. The number of fused-ring (bicyclic) bond motifs is 1. The van der Waals surface area contributed by atoms with Crippen LogP contribution in [0.3, 0.4) is 0 Å². The van der Waals surface area contributed by atoms with Gasteiger partial charge in [0.2, 0.25) is 0 Å². The van der Waals surface area contributed by atoms with E-state index in [0.717, 1.165) is 43.2 Å². The van der Waals surface area contributed by atoms with E-state index in [1.165, 1.54) is 25.0 Å². The summed E-state index contributed by atoms with van der Waals surface area (Å²) >= 11 is 0. The monoisotopic (exact) mass is 404 g/mol. The highest BCUT2D eigenvalue weighted by Gasteiger charge is 2.29. The van der Waals surface area contributed by atoms with Crippen molar-refractivity contribution in [3.63, 3.8) is 0 Å². The van der Waals surface area contributed by atoms with Crippen molar-refractivity contribution in [1.29, 1.82) is 0 Å². The Labute approximate surface area is 170 Å². The number of hydrogen-bond acceptors (Lipinski definition) is 0. The Morgan fingerprint density at radius 2 is 1.52 bits per heavy atom. The molecule has 2 aromatic rings. The van der Waals surface area contributed by atoms with E-state index in [1.807, 2.05) is 0 Å². The van der Waals surface area contributed by atoms with Crippen LogP contribution >= 0.6 is 0 Å². The summed E-state index contributed by atoms with van der Waals surface area (Å²) < 4.78 is 57.4. The van der Waals surface area contributed by atoms with E-state index in [9.17, 15) is 17.6 Å². The molecule has 0 saturated heterocycles. The van der Waals surface area contributed by atoms with Crippen LogP contribution in [0, 0.1) is 29.2 Å². The zero-order chi connectivity index (χ0) is 20.5. The Bertz CT molecular complexity index is 858. The molecule has 0 aliphatic heterocycles. The predicted octanol–water partition coefficient (Wildman–Crippen LogP) is 7.59. The SMILES string of the molecule is CCCC1CCC(c2cc(F)c(C3CCc4c(ccc(F)c4F)C3)c(F)c2)CC1. The van der Waals surface area contributed by atoms with Gasteiger partial charge in [0, 0.05) is 5.56 Å². The first-order valence-corrected chi connectivity index (χ1v) is 10.9. The van der Waals surface area contributed by atoms with Crippen LogP contribution in [-0.2, 0) is 12.8 Å². The molecule has 0 bridgehead atoms. The van der Waals surface area contributed by atoms with Crippen LogP contribution in [0.5, 0.6) is 0 Å². The van der Waals surface area contributed by atoms with Crippen LogP contribution in [0.2, 0.25) is 0 Å². The standard InChI is InChI=1S/C25H28F4/c1-2-3-15-4-6-16(7-5-15)19-13-22(27)24(23(28)14-19)18-8-10-20-17(12-18)9-11-21(26)25(20)29/h9,11,13-16,18H,2-8,10,12H2,1H3. The quantitative estimate of drug-likeness (QED) is 0.461. The van der Waals surface area contributed by atoms with Crippen molar-refractivity contribution < 1.29 is 17.6 Å². The molecule has 2 aliphatic rings. The summed E-state index contributed by atoms with van der Waals surface area (Å²) in [5.74, 6) is -2.04. The number of rotatable bonds is 4. The molecular formula is C25H28F4. The highest BCUT2D eigenvalue weighted by atomic mass is 19.2. The summed E-state index contributed by atoms with van der Waals surface area (Å²) in [6.07, 6.45) is 7.72. The van der Waals surface area contributed by atoms with Crippen LogP contribution in [0.1, 0.15) is 86.0 Å². The van der Waals surface area contributed by atoms with Gasteiger partial charge in [-0.1, -0.05) is 25.8 Å². The fourth-order valence-corrected chi connectivity index (χ4v) is 5.45. The molecule has 0 radical (unpaired) electrons. The van der Waals surface area contributed by atoms with Gasteiger partial charge in [-0.2, -0.15) is 0 Å². The first-order chi connectivity index (χ1) is 14.0. The third-order valence-electron chi connectivity index (χ3n) is 7.03. The summed E-state index contributed by atoms with van der Waals surface area (Å²) in [4.78, 5) is 0. The first kappa shape index (κ1) is 20.4. The molecule has 29 heavy (non-hydrogen) atoms. The second-order valence-electron chi connectivity index (χ2n) is 8.84. The highest BCUT2D eigenvalue weighted by Crippen LogP contribution is 2.41. The third kappa shape index (κ3) is 4.08. The van der Waals surface area contributed by atoms with Crippen LogP contribution in [0.15, 0.2) is 24.3 Å². The van der Waals surface area contributed by atoms with Crippen molar-refractivity contribution in [2.75, 3.05) is 0 Å². The van der Waals surface area contributed by atoms with Crippen molar-refractivity contribution >= 4 is 0 Å². The second-order valence-corrected chi connectivity index (χ2v) is 8.84. The topological polar surface area (TPSA) is 0 Å². The average molecular weight is 404 g/mol. The zero-order valence-corrected chi connectivity index (χ0v) is 16.9. The molecular weight excluding hydrogens is 376 g/mol. The van der Waals surface area contributed by atoms with Gasteiger partial charge >= 0.3 is 0 Å². The van der Waals surface area contributed by atoms with Crippen LogP contribution in [0.4, 0.5) is 17.6 Å². The van der Waals surface area contributed by atoms with Crippen LogP contribution in [-0.4, -0.2) is 0 Å². The Morgan fingerprint density at radius 1 is 0.828 bits per heavy atom. The molecule has 0 N–H and O–H groups in total. The summed E-state index contributed by atoms with van der Waals surface area (Å²) in [7, 11) is 0. The van der Waals surface area contributed by atoms with E-state index < -0.39 is 23.3 Å². The van der Waals surface area contributed by atoms with Crippen molar-refractivity contribution in [3.8, 4) is 0 Å². The largest absolute Gasteiger partial charge is 0.207 e. The number of hydrogen-bond donors (Lipinski definition) is 0. The lowest BCUT2D eigenvalue weighted by atomic mass is 9.76. The van der Waals surface area contributed by atoms with Crippen molar-refractivity contribution in [2.24, 2.45) is 5.92 Å². The lowest BCUT2D eigenvalue weighted by Gasteiger charge is -2.30. The van der Waals surface area contributed by atoms with Gasteiger partial charge < -0.3 is 0 Å². The third-order valence-corrected chi connectivity index (χ3v) is 7.03. The molecule has 4 heteroatoms. The Morgan fingerprint density at radius 3 is 2.17 bits per heavy atom. The minimum atomic E-state index is -0.863. The van der Waals surface area contributed by atoms with Gasteiger partial charge in [-0.15, -0.1) is 0 Å². The summed E-state index contributed by atoms with van der Waals surface area (Å²) in [5.41, 5.74) is 1.87. The second kappa shape index (κ2) is 8.49. The van der Waals surface area contributed by atoms with Crippen LogP contribution in [0.25, 0.3) is 0 Å². The summed E-state index contributed by atoms with van der Waals surface area (Å²) in [6.45, 7) is 2.20. The normalized spacial score (nSPS) is 24.4. The molecule has 1 fully saturated rings. The van der Waals surface area contributed by atoms with Gasteiger partial charge in [0.1, 0.15) is 11.6 Å². The van der Waals surface area contributed by atoms with E-state index in [2.05, 4.69) is 6.92 Å². The van der Waals surface area contributed by atoms with Gasteiger partial charge in [0.25, 0.3) is 0 Å². The van der Waals surface area contributed by atoms with Gasteiger partial charge in [-0.25, -0.2) is 17.6 Å². The van der Waals surface area contributed by atoms with Crippen molar-refractivity contribution in [1.82, 2.24) is 0 Å². The van der Waals surface area contributed by atoms with E-state index in [0.29, 0.717) is 30.4 Å². The molecule has 0 nitrogen and oxygen atoms in total. The molecule has 2 aliphatic carbocycles. The maximum absolute atomic E-state index is 15.0. The van der Waals surface area contributed by atoms with Gasteiger partial charge in [0.05, 0.1) is 0 Å². The van der Waals surface area contributed by atoms with Gasteiger partial charge in [-0.3, -0.25) is 0 Å². The highest BCUT2D eigenvalue weighted by molar-refractivity contribution is 5.38. The van der Waals surface area contributed by atoms with E-state index >= 15 is 0 Å². The van der Waals surface area contributed by atoms with Gasteiger partial charge in [0.15, 0.2) is 11.6 Å². The number of benzene rings is 2. The zero-order valence-electron chi connectivity index (χ0n) is 16.9. The smallest absolute Gasteiger partial charge is 0.162 e. The molecule has 1 atom stereocenters. The first-order valence-electron chi connectivity index (χ1n) is 10.9. The van der Waals surface area contributed by atoms with Crippen molar-refractivity contribution in [3.05, 3.63) is 69.8 Å². The van der Waals surface area contributed by atoms with Gasteiger partial charge in [-0.05, 0) is 97.6 Å². The minimum absolute atomic E-state index is 0.101. The predicted molar refractivity (Wildman–Crippen MR) is 107 cm³/mol. The molecule has 0 heterocycles. The average Bonchev–Trinajstić information content (AvgIpc) is 2.71. The summed E-state index contributed by atoms with van der Waals surface area (Å²) in [6, 6.07) is 5.67. The molecule has 2 aromatic carbocycles. The molecule has 0 spiro atoms. The lowest BCUT2D eigenvalue weighted by molar-refractivity contribution is 0.307. The fraction of sp³-hybridized carbons (Fsp3) is 0.520. The molecule has 1 saturated carbocycles. The Balaban J connectivity index is 1.53. The van der Waals surface area contributed by atoms with Crippen LogP contribution < -0.4 is 0 Å². The Kier molecular flexibility index (Phi) is 5.98. The molecule has 156 valence electrons. The lowest BCUT2D eigenvalue weighted by Crippen LogP contribution is -2.18. The maximum Gasteiger partial charge on any atom is 0.162 e. The Hall–Kier alpha value is -1.84. The maximum atomic E-state index is 15.0. The number of halogens is 4. The minimum Gasteiger partial charge on any atom is -0.207 e. The van der Waals surface area contributed by atoms with E-state index in [-0.39, 0.29) is 17.4 Å². The fourth-order valence-electron chi connectivity index (χ4n) is 5.45. The molecule has 4 rings (SSSR count). The summed E-state index contributed by atoms with van der Waals surface area (Å²) in [5, 5.41) is 0. The molecule has 0 amide bonds. The molecule has 1 unspecified atom stereocenters.